The van der Waals surface area contributed by atoms with Gasteiger partial charge in [0.2, 0.25) is 0 Å². The number of aromatic nitrogens is 2. The SMILES string of the molecule is Cc1cn(OOSc2ccccc2)c2ncc(-c3ccccc3Oc3ccccc3)cc12. The van der Waals surface area contributed by atoms with E-state index in [-0.39, 0.29) is 0 Å². The first-order chi connectivity index (χ1) is 15.8. The van der Waals surface area contributed by atoms with Crippen LogP contribution in [0.4, 0.5) is 0 Å². The Labute approximate surface area is 190 Å². The zero-order chi connectivity index (χ0) is 21.8. The number of nitrogens with zero attached hydrogens (tertiary/aromatic N) is 2. The highest BCUT2D eigenvalue weighted by Gasteiger charge is 2.13. The van der Waals surface area contributed by atoms with Crippen molar-refractivity contribution in [2.75, 3.05) is 0 Å². The van der Waals surface area contributed by atoms with E-state index in [1.807, 2.05) is 104 Å². The number of aryl methyl sites for hydroxylation is 1. The third-order valence-electron chi connectivity index (χ3n) is 4.96. The molecule has 2 heterocycles. The molecule has 0 bridgehead atoms. The van der Waals surface area contributed by atoms with Crippen molar-refractivity contribution in [3.8, 4) is 22.6 Å². The van der Waals surface area contributed by atoms with E-state index in [1.165, 1.54) is 4.73 Å². The molecule has 0 fully saturated rings. The monoisotopic (exact) mass is 440 g/mol. The molecule has 0 saturated heterocycles. The van der Waals surface area contributed by atoms with Crippen LogP contribution in [0.3, 0.4) is 0 Å². The Morgan fingerprint density at radius 2 is 1.56 bits per heavy atom. The number of hydrogen-bond donors (Lipinski definition) is 0. The third kappa shape index (κ3) is 4.32. The van der Waals surface area contributed by atoms with Crippen molar-refractivity contribution < 1.29 is 14.1 Å². The molecule has 0 radical (unpaired) electrons. The average molecular weight is 441 g/mol. The fraction of sp³-hybridized carbons (Fsp3) is 0.0385. The highest BCUT2D eigenvalue weighted by atomic mass is 32.2. The quantitative estimate of drug-likeness (QED) is 0.157. The van der Waals surface area contributed by atoms with Gasteiger partial charge in [0, 0.05) is 27.6 Å². The molecule has 6 heteroatoms. The summed E-state index contributed by atoms with van der Waals surface area (Å²) in [5.74, 6) is 1.56. The maximum atomic E-state index is 6.13. The molecule has 158 valence electrons. The van der Waals surface area contributed by atoms with Crippen LogP contribution in [0.25, 0.3) is 22.2 Å². The second-order valence-electron chi connectivity index (χ2n) is 7.18. The Kier molecular flexibility index (Phi) is 5.79. The fourth-order valence-corrected chi connectivity index (χ4v) is 3.85. The predicted molar refractivity (Wildman–Crippen MR) is 126 cm³/mol. The van der Waals surface area contributed by atoms with Gasteiger partial charge >= 0.3 is 0 Å². The second-order valence-corrected chi connectivity index (χ2v) is 7.96. The van der Waals surface area contributed by atoms with Gasteiger partial charge in [-0.25, -0.2) is 9.97 Å². The Balaban J connectivity index is 1.41. The van der Waals surface area contributed by atoms with Crippen molar-refractivity contribution in [2.45, 2.75) is 11.8 Å². The van der Waals surface area contributed by atoms with Gasteiger partial charge in [-0.2, -0.15) is 0 Å². The van der Waals surface area contributed by atoms with Gasteiger partial charge in [0.25, 0.3) is 0 Å². The lowest BCUT2D eigenvalue weighted by Gasteiger charge is -2.11. The van der Waals surface area contributed by atoms with Gasteiger partial charge in [-0.1, -0.05) is 58.9 Å². The normalized spacial score (nSPS) is 10.9. The molecule has 0 amide bonds. The molecule has 0 saturated carbocycles. The largest absolute Gasteiger partial charge is 0.457 e. The van der Waals surface area contributed by atoms with Gasteiger partial charge in [-0.3, -0.25) is 0 Å². The summed E-state index contributed by atoms with van der Waals surface area (Å²) >= 11 is 1.15. The first kappa shape index (κ1) is 20.2. The van der Waals surface area contributed by atoms with E-state index in [1.54, 1.807) is 0 Å². The summed E-state index contributed by atoms with van der Waals surface area (Å²) in [7, 11) is 0. The lowest BCUT2D eigenvalue weighted by atomic mass is 10.0. The molecule has 0 spiro atoms. The summed E-state index contributed by atoms with van der Waals surface area (Å²) in [6, 6.07) is 29.5. The van der Waals surface area contributed by atoms with Crippen molar-refractivity contribution in [1.29, 1.82) is 0 Å². The van der Waals surface area contributed by atoms with Crippen molar-refractivity contribution in [1.82, 2.24) is 9.71 Å². The van der Waals surface area contributed by atoms with E-state index < -0.39 is 0 Å². The van der Waals surface area contributed by atoms with Crippen LogP contribution >= 0.6 is 12.0 Å². The standard InChI is InChI=1S/C26H20N2O3S/c1-19-18-28(30-31-32-22-12-6-3-7-13-22)26-24(19)16-20(17-27-26)23-14-8-9-15-25(23)29-21-10-4-2-5-11-21/h2-18H,1H3. The fourth-order valence-electron chi connectivity index (χ4n) is 3.41. The van der Waals surface area contributed by atoms with Crippen molar-refractivity contribution in [3.63, 3.8) is 0 Å². The van der Waals surface area contributed by atoms with E-state index in [4.69, 9.17) is 14.1 Å². The minimum Gasteiger partial charge on any atom is -0.457 e. The third-order valence-corrected chi connectivity index (χ3v) is 5.56. The Morgan fingerprint density at radius 1 is 0.844 bits per heavy atom. The van der Waals surface area contributed by atoms with Gasteiger partial charge < -0.3 is 4.74 Å². The molecule has 2 aromatic heterocycles. The second kappa shape index (κ2) is 9.18. The first-order valence-corrected chi connectivity index (χ1v) is 10.9. The molecular weight excluding hydrogens is 420 g/mol. The summed E-state index contributed by atoms with van der Waals surface area (Å²) in [5.41, 5.74) is 3.64. The van der Waals surface area contributed by atoms with Gasteiger partial charge in [-0.05, 0) is 48.9 Å². The van der Waals surface area contributed by atoms with Crippen LogP contribution in [0.15, 0.2) is 108 Å². The van der Waals surface area contributed by atoms with Crippen molar-refractivity contribution in [2.24, 2.45) is 0 Å². The number of rotatable bonds is 7. The molecule has 3 aromatic carbocycles. The Bertz CT molecular complexity index is 1340. The van der Waals surface area contributed by atoms with Gasteiger partial charge in [-0.15, -0.1) is 4.73 Å². The molecule has 5 aromatic rings. The maximum absolute atomic E-state index is 6.13. The summed E-state index contributed by atoms with van der Waals surface area (Å²) in [5, 5.41) is 0.977. The van der Waals surface area contributed by atoms with E-state index in [0.29, 0.717) is 5.65 Å². The zero-order valence-corrected chi connectivity index (χ0v) is 18.2. The number of fused-ring (bicyclic) bond motifs is 1. The Morgan fingerprint density at radius 3 is 2.38 bits per heavy atom. The molecular formula is C26H20N2O3S. The van der Waals surface area contributed by atoms with E-state index >= 15 is 0 Å². The molecule has 0 atom stereocenters. The number of pyridine rings is 1. The van der Waals surface area contributed by atoms with E-state index in [2.05, 4.69) is 11.1 Å². The number of para-hydroxylation sites is 2. The topological polar surface area (TPSA) is 45.5 Å². The molecule has 0 aliphatic carbocycles. The molecule has 0 N–H and O–H groups in total. The van der Waals surface area contributed by atoms with Crippen LogP contribution in [0.2, 0.25) is 0 Å². The molecule has 0 aliphatic heterocycles. The van der Waals surface area contributed by atoms with Crippen LogP contribution in [-0.2, 0) is 4.33 Å². The summed E-state index contributed by atoms with van der Waals surface area (Å²) in [4.78, 5) is 11.1. The number of hydrogen-bond acceptors (Lipinski definition) is 5. The van der Waals surface area contributed by atoms with E-state index in [0.717, 1.165) is 50.5 Å². The van der Waals surface area contributed by atoms with Crippen LogP contribution in [-0.4, -0.2) is 9.71 Å². The van der Waals surface area contributed by atoms with E-state index in [9.17, 15) is 0 Å². The number of benzene rings is 3. The van der Waals surface area contributed by atoms with Gasteiger partial charge in [0.1, 0.15) is 11.5 Å². The highest BCUT2D eigenvalue weighted by Crippen LogP contribution is 2.34. The van der Waals surface area contributed by atoms with Crippen LogP contribution in [0.5, 0.6) is 11.5 Å². The van der Waals surface area contributed by atoms with Crippen LogP contribution in [0, 0.1) is 6.92 Å². The average Bonchev–Trinajstić information content (AvgIpc) is 3.15. The summed E-state index contributed by atoms with van der Waals surface area (Å²) in [6.45, 7) is 2.02. The highest BCUT2D eigenvalue weighted by molar-refractivity contribution is 7.94. The smallest absolute Gasteiger partial charge is 0.179 e. The van der Waals surface area contributed by atoms with Crippen molar-refractivity contribution >= 4 is 23.1 Å². The lowest BCUT2D eigenvalue weighted by Crippen LogP contribution is -2.07. The molecule has 5 nitrogen and oxygen atoms in total. The zero-order valence-electron chi connectivity index (χ0n) is 17.3. The minimum absolute atomic E-state index is 0.682. The molecule has 0 aliphatic rings. The minimum atomic E-state index is 0.682. The van der Waals surface area contributed by atoms with Gasteiger partial charge in [0.15, 0.2) is 5.65 Å². The van der Waals surface area contributed by atoms with Crippen LogP contribution < -0.4 is 9.73 Å². The first-order valence-electron chi connectivity index (χ1n) is 10.1. The van der Waals surface area contributed by atoms with Crippen molar-refractivity contribution in [3.05, 3.63) is 109 Å². The maximum Gasteiger partial charge on any atom is 0.179 e. The van der Waals surface area contributed by atoms with Crippen LogP contribution in [0.1, 0.15) is 5.56 Å². The Hall–Kier alpha value is -3.74. The summed E-state index contributed by atoms with van der Waals surface area (Å²) in [6.07, 6.45) is 3.68. The van der Waals surface area contributed by atoms with Gasteiger partial charge in [0.05, 0.1) is 18.2 Å². The molecule has 32 heavy (non-hydrogen) atoms. The number of ether oxygens (including phenoxy) is 1. The molecule has 0 unspecified atom stereocenters. The molecule has 5 rings (SSSR count). The predicted octanol–water partition coefficient (Wildman–Crippen LogP) is 6.87. The lowest BCUT2D eigenvalue weighted by molar-refractivity contribution is -0.188. The summed E-state index contributed by atoms with van der Waals surface area (Å²) < 4.78 is 13.0.